The van der Waals surface area contributed by atoms with Gasteiger partial charge in [-0.05, 0) is 25.1 Å². The highest BCUT2D eigenvalue weighted by atomic mass is 35.5. The summed E-state index contributed by atoms with van der Waals surface area (Å²) in [6, 6.07) is 5.20. The normalized spacial score (nSPS) is 11.1. The topological polar surface area (TPSA) is 95.6 Å². The Morgan fingerprint density at radius 3 is 2.55 bits per heavy atom. The van der Waals surface area contributed by atoms with Crippen LogP contribution in [0.25, 0.3) is 22.0 Å². The van der Waals surface area contributed by atoms with Crippen molar-refractivity contribution in [2.45, 2.75) is 26.5 Å². The van der Waals surface area contributed by atoms with Crippen molar-refractivity contribution in [3.05, 3.63) is 40.3 Å². The molecule has 154 valence electrons. The summed E-state index contributed by atoms with van der Waals surface area (Å²) in [4.78, 5) is 24.1. The van der Waals surface area contributed by atoms with Crippen LogP contribution in [0.3, 0.4) is 0 Å². The number of hydrogen-bond donors (Lipinski definition) is 1. The van der Waals surface area contributed by atoms with E-state index in [0.29, 0.717) is 38.4 Å². The van der Waals surface area contributed by atoms with Crippen molar-refractivity contribution in [1.29, 1.82) is 0 Å². The Hall–Kier alpha value is -2.84. The second kappa shape index (κ2) is 8.26. The molecule has 29 heavy (non-hydrogen) atoms. The lowest BCUT2D eigenvalue weighted by molar-refractivity contribution is -0.140. The van der Waals surface area contributed by atoms with Crippen molar-refractivity contribution in [2.75, 3.05) is 14.2 Å². The average molecular weight is 420 g/mol. The van der Waals surface area contributed by atoms with Gasteiger partial charge in [0.05, 0.1) is 32.9 Å². The molecular weight excluding hydrogens is 398 g/mol. The first-order valence-corrected chi connectivity index (χ1v) is 9.32. The minimum atomic E-state index is -0.529. The Morgan fingerprint density at radius 2 is 1.93 bits per heavy atom. The number of methoxy groups -OCH3 is 2. The van der Waals surface area contributed by atoms with Crippen molar-refractivity contribution in [1.82, 2.24) is 14.3 Å². The number of ether oxygens (including phenoxy) is 2. The van der Waals surface area contributed by atoms with E-state index in [-0.39, 0.29) is 25.5 Å². The lowest BCUT2D eigenvalue weighted by Gasteiger charge is -2.11. The molecule has 0 atom stereocenters. The number of carbonyl (C=O) groups is 2. The number of aromatic nitrogens is 3. The van der Waals surface area contributed by atoms with Gasteiger partial charge in [0.2, 0.25) is 0 Å². The van der Waals surface area contributed by atoms with Gasteiger partial charge in [-0.2, -0.15) is 5.10 Å². The van der Waals surface area contributed by atoms with Crippen LogP contribution in [0, 0.1) is 6.92 Å². The molecule has 3 aromatic rings. The number of fused-ring (bicyclic) bond motifs is 1. The summed E-state index contributed by atoms with van der Waals surface area (Å²) >= 11 is 6.55. The predicted octanol–water partition coefficient (Wildman–Crippen LogP) is 2.85. The maximum Gasteiger partial charge on any atom is 0.354 e. The fourth-order valence-corrected chi connectivity index (χ4v) is 3.75. The van der Waals surface area contributed by atoms with Gasteiger partial charge in [-0.25, -0.2) is 4.79 Å². The van der Waals surface area contributed by atoms with E-state index in [4.69, 9.17) is 21.1 Å². The lowest BCUT2D eigenvalue weighted by Crippen LogP contribution is -2.13. The Morgan fingerprint density at radius 1 is 1.21 bits per heavy atom. The summed E-state index contributed by atoms with van der Waals surface area (Å²) in [6.07, 6.45) is 0.0933. The van der Waals surface area contributed by atoms with E-state index < -0.39 is 5.97 Å². The molecule has 0 unspecified atom stereocenters. The van der Waals surface area contributed by atoms with E-state index >= 15 is 0 Å². The van der Waals surface area contributed by atoms with Crippen LogP contribution >= 0.6 is 11.6 Å². The summed E-state index contributed by atoms with van der Waals surface area (Å²) in [5.41, 5.74) is 3.70. The highest BCUT2D eigenvalue weighted by Crippen LogP contribution is 2.40. The molecule has 0 amide bonds. The molecule has 0 saturated carbocycles. The van der Waals surface area contributed by atoms with Gasteiger partial charge in [-0.1, -0.05) is 11.6 Å². The molecule has 0 spiro atoms. The van der Waals surface area contributed by atoms with Crippen LogP contribution in [0.2, 0.25) is 5.02 Å². The fraction of sp³-hybridized carbons (Fsp3) is 0.350. The highest BCUT2D eigenvalue weighted by molar-refractivity contribution is 6.35. The van der Waals surface area contributed by atoms with E-state index in [1.807, 2.05) is 6.92 Å². The smallest absolute Gasteiger partial charge is 0.354 e. The first-order chi connectivity index (χ1) is 13.8. The summed E-state index contributed by atoms with van der Waals surface area (Å²) < 4.78 is 13.0. The molecule has 1 N–H and O–H groups in total. The molecule has 0 aliphatic carbocycles. The Kier molecular flexibility index (Phi) is 5.95. The number of nitrogens with zero attached hydrogens (tertiary/aromatic N) is 3. The van der Waals surface area contributed by atoms with Crippen LogP contribution in [0.15, 0.2) is 18.2 Å². The zero-order chi connectivity index (χ0) is 21.3. The van der Waals surface area contributed by atoms with E-state index in [2.05, 4.69) is 5.10 Å². The third-order valence-corrected chi connectivity index (χ3v) is 5.32. The van der Waals surface area contributed by atoms with Crippen LogP contribution in [0.5, 0.6) is 0 Å². The van der Waals surface area contributed by atoms with Gasteiger partial charge in [0.1, 0.15) is 5.69 Å². The molecule has 2 aromatic heterocycles. The van der Waals surface area contributed by atoms with Crippen LogP contribution in [-0.4, -0.2) is 45.6 Å². The number of aryl methyl sites for hydroxylation is 2. The van der Waals surface area contributed by atoms with E-state index in [1.54, 1.807) is 34.5 Å². The van der Waals surface area contributed by atoms with Gasteiger partial charge in [0.15, 0.2) is 0 Å². The minimum absolute atomic E-state index is 0.0933. The molecule has 0 aliphatic rings. The van der Waals surface area contributed by atoms with Crippen molar-refractivity contribution in [3.8, 4) is 11.1 Å². The molecular formula is C20H22ClN3O5. The Bertz CT molecular complexity index is 1100. The number of rotatable bonds is 6. The first-order valence-electron chi connectivity index (χ1n) is 8.94. The van der Waals surface area contributed by atoms with Gasteiger partial charge < -0.3 is 19.1 Å². The zero-order valence-electron chi connectivity index (χ0n) is 16.7. The van der Waals surface area contributed by atoms with Crippen molar-refractivity contribution < 1.29 is 24.2 Å². The third kappa shape index (κ3) is 3.61. The number of halogens is 1. The summed E-state index contributed by atoms with van der Waals surface area (Å²) in [5, 5.41) is 15.3. The minimum Gasteiger partial charge on any atom is -0.469 e. The van der Waals surface area contributed by atoms with Crippen molar-refractivity contribution in [3.63, 3.8) is 0 Å². The maximum absolute atomic E-state index is 12.4. The number of aliphatic hydroxyl groups is 1. The molecule has 0 fully saturated rings. The summed E-state index contributed by atoms with van der Waals surface area (Å²) in [5.74, 6) is -0.916. The zero-order valence-corrected chi connectivity index (χ0v) is 17.4. The molecule has 9 heteroatoms. The van der Waals surface area contributed by atoms with Crippen LogP contribution < -0.4 is 0 Å². The van der Waals surface area contributed by atoms with Gasteiger partial charge in [-0.3, -0.25) is 9.48 Å². The number of esters is 2. The monoisotopic (exact) mass is 419 g/mol. The standard InChI is InChI=1S/C20H22ClN3O5/c1-11-18(14(10-25)22-23(11)2)19-12-9-16(20(27)29-4)24(8-7-17(26)28-3)15(12)6-5-13(19)21/h5-6,9,25H,7-8,10H2,1-4H3. The second-order valence-electron chi connectivity index (χ2n) is 6.54. The number of carbonyl (C=O) groups excluding carboxylic acids is 2. The molecule has 1 aromatic carbocycles. The van der Waals surface area contributed by atoms with Gasteiger partial charge in [-0.15, -0.1) is 0 Å². The molecule has 0 radical (unpaired) electrons. The first kappa shape index (κ1) is 20.9. The Balaban J connectivity index is 2.31. The van der Waals surface area contributed by atoms with E-state index in [9.17, 15) is 14.7 Å². The average Bonchev–Trinajstić information content (AvgIpc) is 3.23. The maximum atomic E-state index is 12.4. The van der Waals surface area contributed by atoms with Gasteiger partial charge in [0.25, 0.3) is 0 Å². The molecule has 8 nitrogen and oxygen atoms in total. The van der Waals surface area contributed by atoms with E-state index in [1.165, 1.54) is 14.2 Å². The van der Waals surface area contributed by atoms with Crippen LogP contribution in [0.1, 0.15) is 28.3 Å². The van der Waals surface area contributed by atoms with Crippen LogP contribution in [-0.2, 0) is 34.5 Å². The highest BCUT2D eigenvalue weighted by Gasteiger charge is 2.24. The number of benzene rings is 1. The molecule has 2 heterocycles. The quantitative estimate of drug-likeness (QED) is 0.617. The summed E-state index contributed by atoms with van der Waals surface area (Å²) in [6.45, 7) is 1.86. The molecule has 3 rings (SSSR count). The lowest BCUT2D eigenvalue weighted by atomic mass is 9.99. The molecule has 0 bridgehead atoms. The molecule has 0 aliphatic heterocycles. The van der Waals surface area contributed by atoms with Crippen LogP contribution in [0.4, 0.5) is 0 Å². The second-order valence-corrected chi connectivity index (χ2v) is 6.95. The third-order valence-electron chi connectivity index (χ3n) is 5.00. The van der Waals surface area contributed by atoms with Gasteiger partial charge in [0, 0.05) is 46.3 Å². The largest absolute Gasteiger partial charge is 0.469 e. The molecule has 0 saturated heterocycles. The predicted molar refractivity (Wildman–Crippen MR) is 108 cm³/mol. The summed E-state index contributed by atoms with van der Waals surface area (Å²) in [7, 11) is 4.40. The fourth-order valence-electron chi connectivity index (χ4n) is 3.49. The van der Waals surface area contributed by atoms with Crippen molar-refractivity contribution in [2.24, 2.45) is 7.05 Å². The Labute approximate surface area is 172 Å². The number of hydrogen-bond acceptors (Lipinski definition) is 6. The SMILES string of the molecule is COC(=O)CCn1c(C(=O)OC)cc2c(-c3c(CO)nn(C)c3C)c(Cl)ccc21. The van der Waals surface area contributed by atoms with E-state index in [0.717, 1.165) is 5.69 Å². The van der Waals surface area contributed by atoms with Gasteiger partial charge >= 0.3 is 11.9 Å². The van der Waals surface area contributed by atoms with Crippen molar-refractivity contribution >= 4 is 34.4 Å². The number of aliphatic hydroxyl groups excluding tert-OH is 1.